The summed E-state index contributed by atoms with van der Waals surface area (Å²) in [6, 6.07) is 3.92. The zero-order valence-corrected chi connectivity index (χ0v) is 17.8. The molecule has 3 aromatic rings. The van der Waals surface area contributed by atoms with Gasteiger partial charge in [0.2, 0.25) is 11.4 Å². The normalized spacial score (nSPS) is 19.2. The Bertz CT molecular complexity index is 1170. The molecule has 0 amide bonds. The highest BCUT2D eigenvalue weighted by Gasteiger charge is 2.31. The van der Waals surface area contributed by atoms with Crippen LogP contribution in [-0.4, -0.2) is 42.2 Å². The van der Waals surface area contributed by atoms with Crippen LogP contribution in [0.25, 0.3) is 0 Å². The number of rotatable bonds is 6. The molecule has 4 rings (SSSR count). The summed E-state index contributed by atoms with van der Waals surface area (Å²) in [7, 11) is -4.42. The van der Waals surface area contributed by atoms with Crippen molar-refractivity contribution in [2.45, 2.75) is 17.2 Å². The summed E-state index contributed by atoms with van der Waals surface area (Å²) in [6.45, 7) is 0.767. The van der Waals surface area contributed by atoms with Crippen molar-refractivity contribution in [1.29, 1.82) is 0 Å². The van der Waals surface area contributed by atoms with Crippen LogP contribution in [-0.2, 0) is 14.8 Å². The quantitative estimate of drug-likeness (QED) is 0.508. The van der Waals surface area contributed by atoms with Gasteiger partial charge in [0.25, 0.3) is 10.0 Å². The van der Waals surface area contributed by atoms with E-state index in [0.29, 0.717) is 29.4 Å². The van der Waals surface area contributed by atoms with Crippen molar-refractivity contribution in [2.24, 2.45) is 0 Å². The van der Waals surface area contributed by atoms with Crippen molar-refractivity contribution in [3.05, 3.63) is 59.1 Å². The van der Waals surface area contributed by atoms with Crippen LogP contribution in [0.5, 0.6) is 5.75 Å². The molecule has 9 nitrogen and oxygen atoms in total. The highest BCUT2D eigenvalue weighted by atomic mass is 35.5. The van der Waals surface area contributed by atoms with Gasteiger partial charge in [0.1, 0.15) is 22.2 Å². The first-order valence-corrected chi connectivity index (χ1v) is 11.4. The summed E-state index contributed by atoms with van der Waals surface area (Å²) in [4.78, 5) is 6.76. The molecular weight excluding hydrogens is 476 g/mol. The summed E-state index contributed by atoms with van der Waals surface area (Å²) in [5, 5.41) is 3.37. The van der Waals surface area contributed by atoms with Crippen molar-refractivity contribution in [3.8, 4) is 5.75 Å². The number of benzene rings is 1. The summed E-state index contributed by atoms with van der Waals surface area (Å²) < 4.78 is 70.8. The molecule has 1 aliphatic heterocycles. The lowest BCUT2D eigenvalue weighted by molar-refractivity contribution is -0.125. The minimum absolute atomic E-state index is 0.0822. The number of nitrogens with zero attached hydrogens (tertiary/aromatic N) is 3. The third-order valence-electron chi connectivity index (χ3n) is 4.23. The minimum Gasteiger partial charge on any atom is -0.460 e. The van der Waals surface area contributed by atoms with Gasteiger partial charge in [-0.25, -0.2) is 27.2 Å². The molecular formula is C17H14ClF2N5O4S2. The lowest BCUT2D eigenvalue weighted by atomic mass is 10.1. The van der Waals surface area contributed by atoms with E-state index in [1.807, 2.05) is 4.72 Å². The summed E-state index contributed by atoms with van der Waals surface area (Å²) in [6.07, 6.45) is 1.62. The number of ether oxygens (including phenoxy) is 2. The Kier molecular flexibility index (Phi) is 6.29. The van der Waals surface area contributed by atoms with Crippen molar-refractivity contribution in [2.75, 3.05) is 17.9 Å². The first-order valence-electron chi connectivity index (χ1n) is 8.75. The fraction of sp³-hybridized carbons (Fsp3) is 0.235. The highest BCUT2D eigenvalue weighted by molar-refractivity contribution is 7.93. The second-order valence-electron chi connectivity index (χ2n) is 6.27. The average Bonchev–Trinajstić information content (AvgIpc) is 3.24. The SMILES string of the molecule is O=S(=O)(Nc1ncns1)c1cc(F)c(OC2OCCNC2c2ccc(Cl)nc2)cc1F. The molecule has 2 atom stereocenters. The van der Waals surface area contributed by atoms with Crippen LogP contribution < -0.4 is 14.8 Å². The number of sulfonamides is 1. The Morgan fingerprint density at radius 2 is 2.10 bits per heavy atom. The number of anilines is 1. The summed E-state index contributed by atoms with van der Waals surface area (Å²) in [5.41, 5.74) is 0.662. The maximum atomic E-state index is 14.7. The van der Waals surface area contributed by atoms with Gasteiger partial charge < -0.3 is 14.8 Å². The van der Waals surface area contributed by atoms with E-state index in [1.54, 1.807) is 12.1 Å². The van der Waals surface area contributed by atoms with E-state index in [2.05, 4.69) is 19.7 Å². The molecule has 0 bridgehead atoms. The summed E-state index contributed by atoms with van der Waals surface area (Å²) in [5.74, 6) is -2.80. The molecule has 0 saturated carbocycles. The second kappa shape index (κ2) is 8.96. The van der Waals surface area contributed by atoms with Crippen LogP contribution >= 0.6 is 23.1 Å². The molecule has 2 unspecified atom stereocenters. The summed E-state index contributed by atoms with van der Waals surface area (Å²) >= 11 is 6.56. The fourth-order valence-electron chi connectivity index (χ4n) is 2.85. The predicted molar refractivity (Wildman–Crippen MR) is 107 cm³/mol. The Balaban J connectivity index is 1.58. The Hall–Kier alpha value is -2.45. The third kappa shape index (κ3) is 4.91. The van der Waals surface area contributed by atoms with Gasteiger partial charge in [-0.05, 0) is 11.6 Å². The van der Waals surface area contributed by atoms with E-state index in [1.165, 1.54) is 6.20 Å². The Labute approximate surface area is 184 Å². The van der Waals surface area contributed by atoms with Gasteiger partial charge in [0, 0.05) is 36.4 Å². The topological polar surface area (TPSA) is 115 Å². The first kappa shape index (κ1) is 21.8. The number of aromatic nitrogens is 3. The molecule has 2 aromatic heterocycles. The van der Waals surface area contributed by atoms with Gasteiger partial charge in [-0.15, -0.1) is 0 Å². The molecule has 1 saturated heterocycles. The van der Waals surface area contributed by atoms with Gasteiger partial charge in [-0.1, -0.05) is 17.7 Å². The van der Waals surface area contributed by atoms with E-state index in [4.69, 9.17) is 21.1 Å². The predicted octanol–water partition coefficient (Wildman–Crippen LogP) is 2.73. The van der Waals surface area contributed by atoms with Crippen molar-refractivity contribution in [3.63, 3.8) is 0 Å². The maximum Gasteiger partial charge on any atom is 0.266 e. The van der Waals surface area contributed by atoms with Gasteiger partial charge in [0.15, 0.2) is 11.6 Å². The Morgan fingerprint density at radius 1 is 1.26 bits per heavy atom. The van der Waals surface area contributed by atoms with Crippen molar-refractivity contribution < 1.29 is 26.7 Å². The average molecular weight is 490 g/mol. The van der Waals surface area contributed by atoms with E-state index in [-0.39, 0.29) is 11.7 Å². The number of pyridine rings is 1. The van der Waals surface area contributed by atoms with Gasteiger partial charge >= 0.3 is 0 Å². The molecule has 0 spiro atoms. The number of hydrogen-bond donors (Lipinski definition) is 2. The minimum atomic E-state index is -4.42. The molecule has 3 heterocycles. The lowest BCUT2D eigenvalue weighted by Gasteiger charge is -2.33. The third-order valence-corrected chi connectivity index (χ3v) is 6.52. The molecule has 31 heavy (non-hydrogen) atoms. The molecule has 1 fully saturated rings. The first-order chi connectivity index (χ1) is 14.8. The standard InChI is InChI=1S/C17H14ClF2N5O4S2/c18-14-2-1-9(7-22-14)15-16(28-4-3-21-15)29-12-5-11(20)13(6-10(12)19)31(26,27)25-17-23-8-24-30-17/h1-2,5-8,15-16,21H,3-4H2,(H,23,24,25). The molecule has 14 heteroatoms. The zero-order chi connectivity index (χ0) is 22.0. The van der Waals surface area contributed by atoms with E-state index in [9.17, 15) is 17.2 Å². The van der Waals surface area contributed by atoms with E-state index < -0.39 is 44.6 Å². The number of morpholine rings is 1. The molecule has 0 radical (unpaired) electrons. The smallest absolute Gasteiger partial charge is 0.266 e. The van der Waals surface area contributed by atoms with Crippen LogP contribution in [0.1, 0.15) is 11.6 Å². The van der Waals surface area contributed by atoms with Crippen LogP contribution in [0.3, 0.4) is 0 Å². The van der Waals surface area contributed by atoms with Gasteiger partial charge in [-0.3, -0.25) is 4.72 Å². The molecule has 164 valence electrons. The molecule has 1 aliphatic rings. The second-order valence-corrected chi connectivity index (χ2v) is 9.09. The highest BCUT2D eigenvalue weighted by Crippen LogP contribution is 2.30. The largest absolute Gasteiger partial charge is 0.460 e. The van der Waals surface area contributed by atoms with E-state index >= 15 is 0 Å². The number of hydrogen-bond acceptors (Lipinski definition) is 9. The Morgan fingerprint density at radius 3 is 2.81 bits per heavy atom. The lowest BCUT2D eigenvalue weighted by Crippen LogP contribution is -2.45. The fourth-order valence-corrected chi connectivity index (χ4v) is 4.70. The van der Waals surface area contributed by atoms with Crippen molar-refractivity contribution in [1.82, 2.24) is 19.7 Å². The monoisotopic (exact) mass is 489 g/mol. The molecule has 1 aromatic carbocycles. The van der Waals surface area contributed by atoms with Crippen LogP contribution in [0.15, 0.2) is 41.7 Å². The molecule has 0 aliphatic carbocycles. The van der Waals surface area contributed by atoms with Gasteiger partial charge in [0.05, 0.1) is 12.6 Å². The molecule has 2 N–H and O–H groups in total. The van der Waals surface area contributed by atoms with Crippen LogP contribution in [0.2, 0.25) is 5.15 Å². The number of nitrogens with one attached hydrogen (secondary N) is 2. The maximum absolute atomic E-state index is 14.7. The number of halogens is 3. The van der Waals surface area contributed by atoms with Gasteiger partial charge in [-0.2, -0.15) is 4.37 Å². The van der Waals surface area contributed by atoms with Crippen molar-refractivity contribution >= 4 is 38.3 Å². The van der Waals surface area contributed by atoms with E-state index in [0.717, 1.165) is 17.9 Å². The zero-order valence-electron chi connectivity index (χ0n) is 15.5. The van der Waals surface area contributed by atoms with Crippen LogP contribution in [0, 0.1) is 11.6 Å². The van der Waals surface area contributed by atoms with Crippen LogP contribution in [0.4, 0.5) is 13.9 Å².